The number of carbonyl (C=O) groups is 1. The van der Waals surface area contributed by atoms with Crippen LogP contribution in [-0.4, -0.2) is 71.3 Å². The van der Waals surface area contributed by atoms with Gasteiger partial charge in [0.1, 0.15) is 0 Å². The minimum atomic E-state index is -0.634. The second-order valence-corrected chi connectivity index (χ2v) is 7.42. The fraction of sp³-hybridized carbons (Fsp3) is 0.667. The lowest BCUT2D eigenvalue weighted by Gasteiger charge is -2.33. The number of hydrogen-bond acceptors (Lipinski definition) is 5. The van der Waals surface area contributed by atoms with Crippen molar-refractivity contribution in [1.82, 2.24) is 14.8 Å². The number of aromatic nitrogens is 1. The van der Waals surface area contributed by atoms with Gasteiger partial charge in [0.15, 0.2) is 0 Å². The SMILES string of the molecule is O=C(O)[C@@]12CN(Cc3ccccn3)C[C@@H]1CN(C1CCOCC1)C2. The molecule has 4 heterocycles. The molecule has 0 amide bonds. The number of rotatable bonds is 4. The molecule has 3 fully saturated rings. The molecule has 1 N–H and O–H groups in total. The lowest BCUT2D eigenvalue weighted by molar-refractivity contribution is -0.149. The highest BCUT2D eigenvalue weighted by Gasteiger charge is 2.58. The molecule has 24 heavy (non-hydrogen) atoms. The number of carboxylic acid groups (broad SMARTS) is 1. The van der Waals surface area contributed by atoms with Crippen molar-refractivity contribution >= 4 is 5.97 Å². The summed E-state index contributed by atoms with van der Waals surface area (Å²) in [4.78, 5) is 21.2. The predicted octanol–water partition coefficient (Wildman–Crippen LogP) is 1.08. The zero-order valence-electron chi connectivity index (χ0n) is 13.9. The summed E-state index contributed by atoms with van der Waals surface area (Å²) >= 11 is 0. The number of nitrogens with zero attached hydrogens (tertiary/aromatic N) is 3. The van der Waals surface area contributed by atoms with Crippen LogP contribution in [0.4, 0.5) is 0 Å². The number of ether oxygens (including phenoxy) is 1. The van der Waals surface area contributed by atoms with Gasteiger partial charge in [-0.2, -0.15) is 0 Å². The highest BCUT2D eigenvalue weighted by molar-refractivity contribution is 5.77. The van der Waals surface area contributed by atoms with Crippen LogP contribution in [0.25, 0.3) is 0 Å². The fourth-order valence-electron chi connectivity index (χ4n) is 4.68. The molecule has 6 nitrogen and oxygen atoms in total. The molecule has 0 aliphatic carbocycles. The quantitative estimate of drug-likeness (QED) is 0.891. The monoisotopic (exact) mass is 331 g/mol. The van der Waals surface area contributed by atoms with Crippen molar-refractivity contribution in [3.63, 3.8) is 0 Å². The average Bonchev–Trinajstić information content (AvgIpc) is 3.11. The van der Waals surface area contributed by atoms with Crippen molar-refractivity contribution in [2.24, 2.45) is 11.3 Å². The van der Waals surface area contributed by atoms with E-state index in [4.69, 9.17) is 4.74 Å². The summed E-state index contributed by atoms with van der Waals surface area (Å²) in [7, 11) is 0. The van der Waals surface area contributed by atoms with E-state index in [-0.39, 0.29) is 5.92 Å². The fourth-order valence-corrected chi connectivity index (χ4v) is 4.68. The van der Waals surface area contributed by atoms with Gasteiger partial charge in [-0.05, 0) is 25.0 Å². The van der Waals surface area contributed by atoms with Gasteiger partial charge in [-0.1, -0.05) is 6.07 Å². The molecule has 3 saturated heterocycles. The number of likely N-dealkylation sites (tertiary alicyclic amines) is 2. The maximum absolute atomic E-state index is 12.1. The highest BCUT2D eigenvalue weighted by Crippen LogP contribution is 2.44. The first-order valence-corrected chi connectivity index (χ1v) is 8.85. The van der Waals surface area contributed by atoms with Crippen LogP contribution in [-0.2, 0) is 16.1 Å². The minimum Gasteiger partial charge on any atom is -0.481 e. The first-order chi connectivity index (χ1) is 11.7. The summed E-state index contributed by atoms with van der Waals surface area (Å²) in [6.07, 6.45) is 3.85. The van der Waals surface area contributed by atoms with Crippen molar-refractivity contribution in [3.05, 3.63) is 30.1 Å². The third-order valence-electron chi connectivity index (χ3n) is 5.95. The molecule has 0 aromatic carbocycles. The van der Waals surface area contributed by atoms with Crippen LogP contribution < -0.4 is 0 Å². The summed E-state index contributed by atoms with van der Waals surface area (Å²) in [5, 5.41) is 9.98. The first kappa shape index (κ1) is 16.0. The molecule has 1 aromatic heterocycles. The maximum Gasteiger partial charge on any atom is 0.312 e. The van der Waals surface area contributed by atoms with Gasteiger partial charge in [0, 0.05) is 64.1 Å². The summed E-state index contributed by atoms with van der Waals surface area (Å²) in [6.45, 7) is 5.40. The van der Waals surface area contributed by atoms with Crippen LogP contribution in [0.1, 0.15) is 18.5 Å². The lowest BCUT2D eigenvalue weighted by atomic mass is 9.81. The summed E-state index contributed by atoms with van der Waals surface area (Å²) in [5.74, 6) is -0.424. The van der Waals surface area contributed by atoms with Crippen LogP contribution >= 0.6 is 0 Å². The standard InChI is InChI=1S/C18H25N3O3/c22-17(23)18-12-20(11-15-3-1-2-6-19-15)9-14(18)10-21(13-18)16-4-7-24-8-5-16/h1-3,6,14,16H,4-5,7-13H2,(H,22,23)/t14-,18-/m1/s1. The smallest absolute Gasteiger partial charge is 0.312 e. The number of aliphatic carboxylic acids is 1. The van der Waals surface area contributed by atoms with E-state index in [0.717, 1.165) is 51.4 Å². The van der Waals surface area contributed by atoms with Gasteiger partial charge in [0.25, 0.3) is 0 Å². The first-order valence-electron chi connectivity index (χ1n) is 8.85. The molecular weight excluding hydrogens is 306 g/mol. The maximum atomic E-state index is 12.1. The van der Waals surface area contributed by atoms with Gasteiger partial charge in [-0.3, -0.25) is 19.6 Å². The molecule has 3 aliphatic rings. The lowest BCUT2D eigenvalue weighted by Crippen LogP contribution is -2.44. The molecule has 0 unspecified atom stereocenters. The van der Waals surface area contributed by atoms with E-state index in [1.165, 1.54) is 0 Å². The number of carboxylic acids is 1. The molecule has 4 rings (SSSR count). The summed E-state index contributed by atoms with van der Waals surface area (Å²) in [5.41, 5.74) is 0.395. The topological polar surface area (TPSA) is 65.9 Å². The Kier molecular flexibility index (Phi) is 4.28. The van der Waals surface area contributed by atoms with Gasteiger partial charge in [-0.15, -0.1) is 0 Å². The van der Waals surface area contributed by atoms with Gasteiger partial charge in [-0.25, -0.2) is 0 Å². The van der Waals surface area contributed by atoms with E-state index in [0.29, 0.717) is 19.1 Å². The molecule has 6 heteroatoms. The van der Waals surface area contributed by atoms with Crippen LogP contribution in [0.15, 0.2) is 24.4 Å². The molecule has 0 radical (unpaired) electrons. The molecule has 3 aliphatic heterocycles. The van der Waals surface area contributed by atoms with E-state index < -0.39 is 11.4 Å². The third kappa shape index (κ3) is 2.83. The van der Waals surface area contributed by atoms with E-state index in [1.54, 1.807) is 6.20 Å². The second kappa shape index (κ2) is 6.43. The Morgan fingerprint density at radius 3 is 2.79 bits per heavy atom. The third-order valence-corrected chi connectivity index (χ3v) is 5.95. The van der Waals surface area contributed by atoms with Gasteiger partial charge < -0.3 is 9.84 Å². The zero-order chi connectivity index (χ0) is 16.6. The predicted molar refractivity (Wildman–Crippen MR) is 88.5 cm³/mol. The average molecular weight is 331 g/mol. The Bertz CT molecular complexity index is 590. The summed E-state index contributed by atoms with van der Waals surface area (Å²) in [6, 6.07) is 6.40. The Labute approximate surface area is 142 Å². The molecule has 0 saturated carbocycles. The van der Waals surface area contributed by atoms with Crippen molar-refractivity contribution in [2.75, 3.05) is 39.4 Å². The van der Waals surface area contributed by atoms with Crippen LogP contribution in [0, 0.1) is 11.3 Å². The van der Waals surface area contributed by atoms with Crippen molar-refractivity contribution in [1.29, 1.82) is 0 Å². The summed E-state index contributed by atoms with van der Waals surface area (Å²) < 4.78 is 5.45. The molecule has 0 spiro atoms. The minimum absolute atomic E-state index is 0.210. The molecule has 130 valence electrons. The van der Waals surface area contributed by atoms with Crippen LogP contribution in [0.2, 0.25) is 0 Å². The van der Waals surface area contributed by atoms with Crippen LogP contribution in [0.3, 0.4) is 0 Å². The largest absolute Gasteiger partial charge is 0.481 e. The van der Waals surface area contributed by atoms with Crippen molar-refractivity contribution < 1.29 is 14.6 Å². The number of fused-ring (bicyclic) bond motifs is 1. The van der Waals surface area contributed by atoms with E-state index >= 15 is 0 Å². The van der Waals surface area contributed by atoms with Crippen molar-refractivity contribution in [3.8, 4) is 0 Å². The normalized spacial score (nSPS) is 32.1. The highest BCUT2D eigenvalue weighted by atomic mass is 16.5. The molecule has 2 atom stereocenters. The second-order valence-electron chi connectivity index (χ2n) is 7.42. The van der Waals surface area contributed by atoms with Gasteiger partial charge in [0.05, 0.1) is 11.1 Å². The van der Waals surface area contributed by atoms with Gasteiger partial charge >= 0.3 is 5.97 Å². The number of hydrogen-bond donors (Lipinski definition) is 1. The Morgan fingerprint density at radius 1 is 1.29 bits per heavy atom. The number of pyridine rings is 1. The molecule has 1 aromatic rings. The Balaban J connectivity index is 1.46. The Hall–Kier alpha value is -1.50. The molecule has 0 bridgehead atoms. The van der Waals surface area contributed by atoms with Crippen LogP contribution in [0.5, 0.6) is 0 Å². The Morgan fingerprint density at radius 2 is 2.12 bits per heavy atom. The van der Waals surface area contributed by atoms with E-state index in [2.05, 4.69) is 14.8 Å². The molecular formula is C18H25N3O3. The zero-order valence-corrected chi connectivity index (χ0v) is 13.9. The van der Waals surface area contributed by atoms with Gasteiger partial charge in [0.2, 0.25) is 0 Å². The van der Waals surface area contributed by atoms with E-state index in [1.807, 2.05) is 18.2 Å². The van der Waals surface area contributed by atoms with E-state index in [9.17, 15) is 9.90 Å². The van der Waals surface area contributed by atoms with Crippen molar-refractivity contribution in [2.45, 2.75) is 25.4 Å².